The van der Waals surface area contributed by atoms with Crippen LogP contribution in [-0.2, 0) is 14.4 Å². The zero-order chi connectivity index (χ0) is 18.7. The van der Waals surface area contributed by atoms with Crippen molar-refractivity contribution in [1.29, 1.82) is 0 Å². The molecule has 1 N–H and O–H groups in total. The van der Waals surface area contributed by atoms with Gasteiger partial charge in [-0.2, -0.15) is 0 Å². The van der Waals surface area contributed by atoms with Crippen LogP contribution in [0.2, 0.25) is 0 Å². The normalized spacial score (nSPS) is 25.3. The third-order valence-corrected chi connectivity index (χ3v) is 5.85. The number of hydrogen-bond donors (Lipinski definition) is 1. The number of pyridine rings is 1. The predicted molar refractivity (Wildman–Crippen MR) is 101 cm³/mol. The van der Waals surface area contributed by atoms with E-state index < -0.39 is 5.60 Å². The molecule has 4 rings (SSSR count). The Kier molecular flexibility index (Phi) is 5.09. The Balaban J connectivity index is 1.34. The second kappa shape index (κ2) is 7.66. The molecule has 1 atom stereocenters. The number of nitrogens with zero attached hydrogens (tertiary/aromatic N) is 3. The molecule has 1 saturated heterocycles. The van der Waals surface area contributed by atoms with Crippen LogP contribution < -0.4 is 5.32 Å². The fraction of sp³-hybridized carbons (Fsp3) is 0.600. The second-order valence-electron chi connectivity index (χ2n) is 7.96. The lowest BCUT2D eigenvalue weighted by molar-refractivity contribution is -0.141. The predicted octanol–water partition coefficient (Wildman–Crippen LogP) is 2.74. The molecule has 7 nitrogen and oxygen atoms in total. The van der Waals surface area contributed by atoms with E-state index in [-0.39, 0.29) is 11.8 Å². The van der Waals surface area contributed by atoms with Crippen LogP contribution in [0.15, 0.2) is 29.7 Å². The largest absolute Gasteiger partial charge is 0.386 e. The molecule has 3 aliphatic rings. The minimum Gasteiger partial charge on any atom is -0.386 e. The number of anilines is 1. The highest BCUT2D eigenvalue weighted by atomic mass is 16.7. The van der Waals surface area contributed by atoms with E-state index in [1.54, 1.807) is 24.5 Å². The van der Waals surface area contributed by atoms with Crippen LogP contribution in [0.3, 0.4) is 0 Å². The molecular weight excluding hydrogens is 344 g/mol. The lowest BCUT2D eigenvalue weighted by Crippen LogP contribution is -2.51. The number of carbonyl (C=O) groups is 2. The summed E-state index contributed by atoms with van der Waals surface area (Å²) >= 11 is 0. The third-order valence-electron chi connectivity index (χ3n) is 5.85. The van der Waals surface area contributed by atoms with E-state index >= 15 is 0 Å². The summed E-state index contributed by atoms with van der Waals surface area (Å²) in [5.41, 5.74) is 0.456. The van der Waals surface area contributed by atoms with Gasteiger partial charge in [0, 0.05) is 25.6 Å². The molecule has 144 valence electrons. The van der Waals surface area contributed by atoms with Crippen LogP contribution in [0.25, 0.3) is 0 Å². The first-order valence-corrected chi connectivity index (χ1v) is 9.88. The van der Waals surface area contributed by atoms with Crippen molar-refractivity contribution in [2.45, 2.75) is 57.0 Å². The van der Waals surface area contributed by atoms with Crippen LogP contribution in [-0.4, -0.2) is 46.1 Å². The SMILES string of the molecule is O=C(Nc1cccnc1)C1=NOC2(CCCN(C(=O)CC3CCCC3)C2)C1. The number of oxime groups is 1. The summed E-state index contributed by atoms with van der Waals surface area (Å²) in [6, 6.07) is 3.54. The van der Waals surface area contributed by atoms with Gasteiger partial charge >= 0.3 is 0 Å². The van der Waals surface area contributed by atoms with Crippen molar-refractivity contribution in [3.05, 3.63) is 24.5 Å². The van der Waals surface area contributed by atoms with E-state index in [0.717, 1.165) is 19.4 Å². The highest BCUT2D eigenvalue weighted by Gasteiger charge is 2.45. The summed E-state index contributed by atoms with van der Waals surface area (Å²) in [6.07, 6.45) is 10.8. The molecule has 27 heavy (non-hydrogen) atoms. The summed E-state index contributed by atoms with van der Waals surface area (Å²) in [5, 5.41) is 6.85. The van der Waals surface area contributed by atoms with Gasteiger partial charge in [0.15, 0.2) is 5.60 Å². The van der Waals surface area contributed by atoms with E-state index in [2.05, 4.69) is 15.5 Å². The summed E-state index contributed by atoms with van der Waals surface area (Å²) in [4.78, 5) is 36.8. The lowest BCUT2D eigenvalue weighted by Gasteiger charge is -2.38. The van der Waals surface area contributed by atoms with Crippen molar-refractivity contribution >= 4 is 23.2 Å². The van der Waals surface area contributed by atoms with Crippen molar-refractivity contribution in [3.8, 4) is 0 Å². The van der Waals surface area contributed by atoms with Crippen LogP contribution in [0.5, 0.6) is 0 Å². The first kappa shape index (κ1) is 17.9. The number of aromatic nitrogens is 1. The highest BCUT2D eigenvalue weighted by Crippen LogP contribution is 2.35. The minimum absolute atomic E-state index is 0.220. The standard InChI is InChI=1S/C20H26N4O3/c25-18(11-15-5-1-2-6-15)24-10-4-8-20(14-24)12-17(23-27-20)19(26)22-16-7-3-9-21-13-16/h3,7,9,13,15H,1-2,4-6,8,10-12,14H2,(H,22,26). The zero-order valence-electron chi connectivity index (χ0n) is 15.5. The Morgan fingerprint density at radius 1 is 1.30 bits per heavy atom. The van der Waals surface area contributed by atoms with Gasteiger partial charge in [-0.1, -0.05) is 18.0 Å². The number of likely N-dealkylation sites (tertiary alicyclic amines) is 1. The Bertz CT molecular complexity index is 730. The van der Waals surface area contributed by atoms with E-state index in [1.165, 1.54) is 25.7 Å². The molecule has 0 radical (unpaired) electrons. The van der Waals surface area contributed by atoms with Gasteiger partial charge in [-0.15, -0.1) is 0 Å². The molecule has 2 fully saturated rings. The van der Waals surface area contributed by atoms with Gasteiger partial charge in [-0.3, -0.25) is 14.6 Å². The first-order chi connectivity index (χ1) is 13.1. The molecule has 1 spiro atoms. The second-order valence-corrected chi connectivity index (χ2v) is 7.96. The van der Waals surface area contributed by atoms with Gasteiger partial charge in [0.2, 0.25) is 5.91 Å². The van der Waals surface area contributed by atoms with E-state index in [9.17, 15) is 9.59 Å². The quantitative estimate of drug-likeness (QED) is 0.883. The number of hydrogen-bond acceptors (Lipinski definition) is 5. The van der Waals surface area contributed by atoms with E-state index in [4.69, 9.17) is 4.84 Å². The van der Waals surface area contributed by atoms with Gasteiger partial charge in [0.05, 0.1) is 18.4 Å². The first-order valence-electron chi connectivity index (χ1n) is 9.88. The molecule has 1 unspecified atom stereocenters. The van der Waals surface area contributed by atoms with Gasteiger partial charge in [-0.05, 0) is 43.7 Å². The topological polar surface area (TPSA) is 83.9 Å². The maximum atomic E-state index is 12.7. The summed E-state index contributed by atoms with van der Waals surface area (Å²) < 4.78 is 0. The molecule has 3 heterocycles. The molecule has 1 saturated carbocycles. The fourth-order valence-electron chi connectivity index (χ4n) is 4.40. The zero-order valence-corrected chi connectivity index (χ0v) is 15.5. The monoisotopic (exact) mass is 370 g/mol. The van der Waals surface area contributed by atoms with Crippen molar-refractivity contribution in [2.75, 3.05) is 18.4 Å². The maximum Gasteiger partial charge on any atom is 0.273 e. The molecule has 0 bridgehead atoms. The van der Waals surface area contributed by atoms with E-state index in [0.29, 0.717) is 36.7 Å². The van der Waals surface area contributed by atoms with Crippen LogP contribution in [0.1, 0.15) is 51.4 Å². The number of rotatable bonds is 4. The van der Waals surface area contributed by atoms with Crippen molar-refractivity contribution < 1.29 is 14.4 Å². The van der Waals surface area contributed by atoms with Crippen molar-refractivity contribution in [2.24, 2.45) is 11.1 Å². The van der Waals surface area contributed by atoms with Crippen LogP contribution >= 0.6 is 0 Å². The smallest absolute Gasteiger partial charge is 0.273 e. The summed E-state index contributed by atoms with van der Waals surface area (Å²) in [7, 11) is 0. The average Bonchev–Trinajstić information content (AvgIpc) is 3.33. The average molecular weight is 370 g/mol. The molecule has 1 aromatic heterocycles. The number of nitrogens with one attached hydrogen (secondary N) is 1. The molecule has 0 aromatic carbocycles. The van der Waals surface area contributed by atoms with Gasteiger partial charge in [-0.25, -0.2) is 0 Å². The number of piperidine rings is 1. The van der Waals surface area contributed by atoms with Crippen molar-refractivity contribution in [3.63, 3.8) is 0 Å². The molecule has 2 amide bonds. The fourth-order valence-corrected chi connectivity index (χ4v) is 4.40. The molecule has 1 aliphatic carbocycles. The van der Waals surface area contributed by atoms with E-state index in [1.807, 2.05) is 4.90 Å². The molecule has 2 aliphatic heterocycles. The van der Waals surface area contributed by atoms with Crippen LogP contribution in [0.4, 0.5) is 5.69 Å². The van der Waals surface area contributed by atoms with Gasteiger partial charge in [0.1, 0.15) is 5.71 Å². The van der Waals surface area contributed by atoms with Gasteiger partial charge in [0.25, 0.3) is 5.91 Å². The Labute approximate surface area is 159 Å². The third kappa shape index (κ3) is 4.12. The number of amides is 2. The minimum atomic E-state index is -0.550. The van der Waals surface area contributed by atoms with Crippen LogP contribution in [0, 0.1) is 5.92 Å². The lowest BCUT2D eigenvalue weighted by atomic mass is 9.87. The maximum absolute atomic E-state index is 12.7. The molecular formula is C20H26N4O3. The Morgan fingerprint density at radius 2 is 2.15 bits per heavy atom. The number of carbonyl (C=O) groups excluding carboxylic acids is 2. The molecule has 7 heteroatoms. The van der Waals surface area contributed by atoms with Crippen molar-refractivity contribution in [1.82, 2.24) is 9.88 Å². The molecule has 1 aromatic rings. The Morgan fingerprint density at radius 3 is 2.93 bits per heavy atom. The highest BCUT2D eigenvalue weighted by molar-refractivity contribution is 6.43. The summed E-state index contributed by atoms with van der Waals surface area (Å²) in [6.45, 7) is 1.29. The summed E-state index contributed by atoms with van der Waals surface area (Å²) in [5.74, 6) is 0.490. The van der Waals surface area contributed by atoms with Gasteiger partial charge < -0.3 is 15.1 Å². The Hall–Kier alpha value is -2.44.